The predicted octanol–water partition coefficient (Wildman–Crippen LogP) is 3.78. The lowest BCUT2D eigenvalue weighted by atomic mass is 9.85. The number of rotatable bonds is 3. The van der Waals surface area contributed by atoms with Crippen molar-refractivity contribution in [3.8, 4) is 5.75 Å². The van der Waals surface area contributed by atoms with Crippen molar-refractivity contribution in [2.24, 2.45) is 0 Å². The summed E-state index contributed by atoms with van der Waals surface area (Å²) in [4.78, 5) is 0. The van der Waals surface area contributed by atoms with Gasteiger partial charge in [-0.15, -0.1) is 0 Å². The van der Waals surface area contributed by atoms with E-state index in [0.29, 0.717) is 15.8 Å². The number of methoxy groups -OCH3 is 1. The molecule has 0 radical (unpaired) electrons. The Balaban J connectivity index is 2.02. The highest BCUT2D eigenvalue weighted by Crippen LogP contribution is 2.35. The standard InChI is InChI=1S/C16H14BrFO2/c1-20-15-8-14(18)13(17)7-12(15)16(19)11-5-3-9-2-4-10(9)6-11/h3,5-8,16,19H,2,4H2,1H3. The monoisotopic (exact) mass is 336 g/mol. The maximum atomic E-state index is 13.5. The van der Waals surface area contributed by atoms with Crippen molar-refractivity contribution in [2.75, 3.05) is 7.11 Å². The van der Waals surface area contributed by atoms with Gasteiger partial charge in [-0.25, -0.2) is 4.39 Å². The molecule has 20 heavy (non-hydrogen) atoms. The second-order valence-electron chi connectivity index (χ2n) is 4.94. The Morgan fingerprint density at radius 3 is 2.55 bits per heavy atom. The minimum atomic E-state index is -0.826. The molecule has 3 rings (SSSR count). The molecule has 1 unspecified atom stereocenters. The van der Waals surface area contributed by atoms with Gasteiger partial charge < -0.3 is 9.84 Å². The van der Waals surface area contributed by atoms with Crippen molar-refractivity contribution in [1.82, 2.24) is 0 Å². The van der Waals surface area contributed by atoms with Crippen LogP contribution in [0.15, 0.2) is 34.8 Å². The van der Waals surface area contributed by atoms with Gasteiger partial charge in [0.1, 0.15) is 17.7 Å². The number of ether oxygens (including phenoxy) is 1. The zero-order valence-electron chi connectivity index (χ0n) is 11.0. The minimum Gasteiger partial charge on any atom is -0.496 e. The van der Waals surface area contributed by atoms with Crippen molar-refractivity contribution in [3.05, 3.63) is 62.9 Å². The Bertz CT molecular complexity index is 670. The molecular formula is C16H14BrFO2. The fourth-order valence-corrected chi connectivity index (χ4v) is 2.86. The quantitative estimate of drug-likeness (QED) is 0.924. The summed E-state index contributed by atoms with van der Waals surface area (Å²) in [6, 6.07) is 8.82. The molecule has 0 spiro atoms. The van der Waals surface area contributed by atoms with Crippen molar-refractivity contribution >= 4 is 15.9 Å². The molecular weight excluding hydrogens is 323 g/mol. The number of aliphatic hydroxyl groups excluding tert-OH is 1. The fourth-order valence-electron chi connectivity index (χ4n) is 2.50. The van der Waals surface area contributed by atoms with Crippen LogP contribution in [0.25, 0.3) is 0 Å². The molecule has 4 heteroatoms. The third-order valence-electron chi connectivity index (χ3n) is 3.78. The molecule has 0 amide bonds. The molecule has 1 aliphatic carbocycles. The number of benzene rings is 2. The van der Waals surface area contributed by atoms with E-state index in [9.17, 15) is 9.50 Å². The second kappa shape index (κ2) is 5.19. The topological polar surface area (TPSA) is 29.5 Å². The molecule has 2 aromatic carbocycles. The van der Waals surface area contributed by atoms with Crippen LogP contribution in [0, 0.1) is 5.82 Å². The fraction of sp³-hybridized carbons (Fsp3) is 0.250. The molecule has 0 saturated carbocycles. The van der Waals surface area contributed by atoms with Gasteiger partial charge in [0.2, 0.25) is 0 Å². The minimum absolute atomic E-state index is 0.316. The van der Waals surface area contributed by atoms with Crippen LogP contribution < -0.4 is 4.74 Å². The number of aliphatic hydroxyl groups is 1. The lowest BCUT2D eigenvalue weighted by Crippen LogP contribution is -2.10. The van der Waals surface area contributed by atoms with E-state index in [1.165, 1.54) is 24.3 Å². The van der Waals surface area contributed by atoms with E-state index < -0.39 is 11.9 Å². The normalized spacial score (nSPS) is 14.4. The number of hydrogen-bond acceptors (Lipinski definition) is 2. The molecule has 0 heterocycles. The van der Waals surface area contributed by atoms with Gasteiger partial charge in [-0.1, -0.05) is 18.2 Å². The van der Waals surface area contributed by atoms with E-state index in [1.807, 2.05) is 18.2 Å². The largest absolute Gasteiger partial charge is 0.496 e. The van der Waals surface area contributed by atoms with Crippen molar-refractivity contribution in [2.45, 2.75) is 18.9 Å². The van der Waals surface area contributed by atoms with Gasteiger partial charge in [0, 0.05) is 11.6 Å². The maximum Gasteiger partial charge on any atom is 0.141 e. The molecule has 0 fully saturated rings. The molecule has 0 aromatic heterocycles. The van der Waals surface area contributed by atoms with Crippen molar-refractivity contribution in [1.29, 1.82) is 0 Å². The molecule has 2 nitrogen and oxygen atoms in total. The van der Waals surface area contributed by atoms with Crippen molar-refractivity contribution in [3.63, 3.8) is 0 Å². The van der Waals surface area contributed by atoms with Crippen LogP contribution in [0.3, 0.4) is 0 Å². The van der Waals surface area contributed by atoms with Crippen LogP contribution in [0.5, 0.6) is 5.75 Å². The molecule has 1 N–H and O–H groups in total. The summed E-state index contributed by atoms with van der Waals surface area (Å²) in [5, 5.41) is 10.5. The Labute approximate surface area is 125 Å². The van der Waals surface area contributed by atoms with Crippen LogP contribution >= 0.6 is 15.9 Å². The molecule has 104 valence electrons. The summed E-state index contributed by atoms with van der Waals surface area (Å²) in [7, 11) is 1.47. The molecule has 0 aliphatic heterocycles. The van der Waals surface area contributed by atoms with Gasteiger partial charge in [0.05, 0.1) is 11.6 Å². The molecule has 0 saturated heterocycles. The number of aryl methyl sites for hydroxylation is 2. The zero-order chi connectivity index (χ0) is 14.3. The zero-order valence-corrected chi connectivity index (χ0v) is 12.6. The van der Waals surface area contributed by atoms with Crippen LogP contribution in [0.1, 0.15) is 28.4 Å². The first-order valence-corrected chi connectivity index (χ1v) is 7.22. The summed E-state index contributed by atoms with van der Waals surface area (Å²) in [5.74, 6) is -0.0594. The lowest BCUT2D eigenvalue weighted by molar-refractivity contribution is 0.214. The highest BCUT2D eigenvalue weighted by Gasteiger charge is 2.21. The SMILES string of the molecule is COc1cc(F)c(Br)cc1C(O)c1ccc2c(c1)CC2. The summed E-state index contributed by atoms with van der Waals surface area (Å²) in [6.45, 7) is 0. The van der Waals surface area contributed by atoms with Crippen LogP contribution in [0.4, 0.5) is 4.39 Å². The van der Waals surface area contributed by atoms with E-state index in [2.05, 4.69) is 15.9 Å². The predicted molar refractivity (Wildman–Crippen MR) is 78.6 cm³/mol. The average Bonchev–Trinajstić information content (AvgIpc) is 2.42. The Kier molecular flexibility index (Phi) is 3.52. The lowest BCUT2D eigenvalue weighted by Gasteiger charge is -2.22. The average molecular weight is 337 g/mol. The summed E-state index contributed by atoms with van der Waals surface area (Å²) in [5.41, 5.74) is 3.98. The van der Waals surface area contributed by atoms with Crippen molar-refractivity contribution < 1.29 is 14.2 Å². The highest BCUT2D eigenvalue weighted by molar-refractivity contribution is 9.10. The van der Waals surface area contributed by atoms with E-state index in [1.54, 1.807) is 6.07 Å². The van der Waals surface area contributed by atoms with E-state index >= 15 is 0 Å². The molecule has 1 aliphatic rings. The summed E-state index contributed by atoms with van der Waals surface area (Å²) >= 11 is 3.15. The van der Waals surface area contributed by atoms with Gasteiger partial charge in [-0.2, -0.15) is 0 Å². The van der Waals surface area contributed by atoms with Gasteiger partial charge in [-0.3, -0.25) is 0 Å². The third-order valence-corrected chi connectivity index (χ3v) is 4.38. The first-order chi connectivity index (χ1) is 9.60. The first kappa shape index (κ1) is 13.6. The van der Waals surface area contributed by atoms with Gasteiger partial charge in [0.15, 0.2) is 0 Å². The molecule has 0 bridgehead atoms. The molecule has 1 atom stereocenters. The smallest absolute Gasteiger partial charge is 0.141 e. The number of fused-ring (bicyclic) bond motifs is 1. The number of hydrogen-bond donors (Lipinski definition) is 1. The van der Waals surface area contributed by atoms with Crippen LogP contribution in [0.2, 0.25) is 0 Å². The highest BCUT2D eigenvalue weighted by atomic mass is 79.9. The second-order valence-corrected chi connectivity index (χ2v) is 5.79. The third kappa shape index (κ3) is 2.23. The first-order valence-electron chi connectivity index (χ1n) is 6.43. The summed E-state index contributed by atoms with van der Waals surface area (Å²) < 4.78 is 19.0. The molecule has 2 aromatic rings. The summed E-state index contributed by atoms with van der Waals surface area (Å²) in [6.07, 6.45) is 1.34. The Morgan fingerprint density at radius 2 is 1.95 bits per heavy atom. The Morgan fingerprint density at radius 1 is 1.20 bits per heavy atom. The maximum absolute atomic E-state index is 13.5. The van der Waals surface area contributed by atoms with Crippen LogP contribution in [-0.4, -0.2) is 12.2 Å². The van der Waals surface area contributed by atoms with E-state index in [-0.39, 0.29) is 0 Å². The van der Waals surface area contributed by atoms with E-state index in [4.69, 9.17) is 4.74 Å². The van der Waals surface area contributed by atoms with Gasteiger partial charge >= 0.3 is 0 Å². The van der Waals surface area contributed by atoms with Gasteiger partial charge in [0.25, 0.3) is 0 Å². The Hall–Kier alpha value is -1.39. The van der Waals surface area contributed by atoms with Gasteiger partial charge in [-0.05, 0) is 51.5 Å². The van der Waals surface area contributed by atoms with E-state index in [0.717, 1.165) is 18.4 Å². The number of halogens is 2. The van der Waals surface area contributed by atoms with Crippen LogP contribution in [-0.2, 0) is 12.8 Å².